The number of nitrogens with one attached hydrogen (secondary N) is 1. The monoisotopic (exact) mass is 345 g/mol. The van der Waals surface area contributed by atoms with Gasteiger partial charge in [0.05, 0.1) is 10.6 Å². The van der Waals surface area contributed by atoms with Gasteiger partial charge in [-0.1, -0.05) is 11.2 Å². The van der Waals surface area contributed by atoms with E-state index in [0.717, 1.165) is 55.8 Å². The molecule has 2 heterocycles. The number of rotatable bonds is 6. The number of aryl methyl sites for hydroxylation is 2. The molecule has 0 saturated carbocycles. The third kappa shape index (κ3) is 3.99. The molecule has 1 aliphatic heterocycles. The summed E-state index contributed by atoms with van der Waals surface area (Å²) in [5, 5.41) is 18.6. The largest absolute Gasteiger partial charge is 0.381 e. The number of ether oxygens (including phenoxy) is 1. The van der Waals surface area contributed by atoms with Gasteiger partial charge in [0.1, 0.15) is 11.4 Å². The van der Waals surface area contributed by atoms with Gasteiger partial charge in [0.25, 0.3) is 5.69 Å². The van der Waals surface area contributed by atoms with E-state index in [1.165, 1.54) is 0 Å². The van der Waals surface area contributed by atoms with Crippen molar-refractivity contribution in [1.82, 2.24) is 5.16 Å². The number of benzene rings is 1. The smallest absolute Gasteiger partial charge is 0.292 e. The minimum absolute atomic E-state index is 0.0736. The van der Waals surface area contributed by atoms with E-state index in [9.17, 15) is 10.1 Å². The van der Waals surface area contributed by atoms with Crippen LogP contribution in [0.15, 0.2) is 22.7 Å². The molecule has 1 saturated heterocycles. The van der Waals surface area contributed by atoms with Crippen molar-refractivity contribution in [2.45, 2.75) is 33.1 Å². The van der Waals surface area contributed by atoms with Crippen LogP contribution in [0.1, 0.15) is 30.7 Å². The molecule has 7 heteroatoms. The van der Waals surface area contributed by atoms with Crippen LogP contribution in [0.2, 0.25) is 0 Å². The van der Waals surface area contributed by atoms with Crippen molar-refractivity contribution in [3.63, 3.8) is 0 Å². The molecule has 1 N–H and O–H groups in total. The summed E-state index contributed by atoms with van der Waals surface area (Å²) < 4.78 is 10.5. The maximum absolute atomic E-state index is 11.5. The molecule has 0 bridgehead atoms. The zero-order valence-corrected chi connectivity index (χ0v) is 14.6. The predicted octanol–water partition coefficient (Wildman–Crippen LogP) is 4.10. The van der Waals surface area contributed by atoms with Crippen molar-refractivity contribution in [2.24, 2.45) is 5.92 Å². The average Bonchev–Trinajstić information content (AvgIpc) is 2.94. The molecule has 3 rings (SSSR count). The lowest BCUT2D eigenvalue weighted by Crippen LogP contribution is -2.18. The SMILES string of the molecule is Cc1noc(C)c1-c1ccc(NCCC2CCOCC2)c([N+](=O)[O-])c1. The number of anilines is 1. The number of hydrogen-bond donors (Lipinski definition) is 1. The molecule has 1 fully saturated rings. The van der Waals surface area contributed by atoms with Gasteiger partial charge < -0.3 is 14.6 Å². The molecule has 0 aliphatic carbocycles. The lowest BCUT2D eigenvalue weighted by Gasteiger charge is -2.22. The van der Waals surface area contributed by atoms with E-state index in [4.69, 9.17) is 9.26 Å². The first-order valence-electron chi connectivity index (χ1n) is 8.59. The minimum Gasteiger partial charge on any atom is -0.381 e. The first-order chi connectivity index (χ1) is 12.1. The number of nitro groups is 1. The van der Waals surface area contributed by atoms with Gasteiger partial charge in [0.15, 0.2) is 0 Å². The van der Waals surface area contributed by atoms with E-state index >= 15 is 0 Å². The van der Waals surface area contributed by atoms with Gasteiger partial charge in [0, 0.05) is 31.4 Å². The molecule has 1 aliphatic rings. The lowest BCUT2D eigenvalue weighted by molar-refractivity contribution is -0.383. The Bertz CT molecular complexity index is 731. The van der Waals surface area contributed by atoms with E-state index in [2.05, 4.69) is 10.5 Å². The third-order valence-electron chi connectivity index (χ3n) is 4.73. The fourth-order valence-electron chi connectivity index (χ4n) is 3.33. The normalized spacial score (nSPS) is 15.3. The molecule has 0 unspecified atom stereocenters. The summed E-state index contributed by atoms with van der Waals surface area (Å²) in [6, 6.07) is 5.23. The van der Waals surface area contributed by atoms with Crippen LogP contribution in [0.3, 0.4) is 0 Å². The number of hydrogen-bond acceptors (Lipinski definition) is 6. The second kappa shape index (κ2) is 7.65. The van der Waals surface area contributed by atoms with E-state index in [0.29, 0.717) is 17.4 Å². The summed E-state index contributed by atoms with van der Waals surface area (Å²) in [6.07, 6.45) is 3.12. The van der Waals surface area contributed by atoms with Crippen LogP contribution in [-0.4, -0.2) is 29.8 Å². The molecular formula is C18H23N3O4. The van der Waals surface area contributed by atoms with E-state index in [-0.39, 0.29) is 10.6 Å². The Hall–Kier alpha value is -2.41. The Balaban J connectivity index is 1.74. The van der Waals surface area contributed by atoms with Gasteiger partial charge in [-0.15, -0.1) is 0 Å². The highest BCUT2D eigenvalue weighted by Crippen LogP contribution is 2.34. The van der Waals surface area contributed by atoms with E-state index in [1.54, 1.807) is 19.1 Å². The molecule has 25 heavy (non-hydrogen) atoms. The summed E-state index contributed by atoms with van der Waals surface area (Å²) in [6.45, 7) is 5.99. The Morgan fingerprint density at radius 2 is 2.08 bits per heavy atom. The maximum atomic E-state index is 11.5. The topological polar surface area (TPSA) is 90.4 Å². The van der Waals surface area contributed by atoms with Crippen molar-refractivity contribution >= 4 is 11.4 Å². The summed E-state index contributed by atoms with van der Waals surface area (Å²) >= 11 is 0. The van der Waals surface area contributed by atoms with Crippen LogP contribution in [0, 0.1) is 29.9 Å². The van der Waals surface area contributed by atoms with Crippen LogP contribution < -0.4 is 5.32 Å². The van der Waals surface area contributed by atoms with Crippen LogP contribution in [0.25, 0.3) is 11.1 Å². The number of nitrogens with zero attached hydrogens (tertiary/aromatic N) is 2. The zero-order chi connectivity index (χ0) is 17.8. The first kappa shape index (κ1) is 17.4. The number of nitro benzene ring substituents is 1. The molecular weight excluding hydrogens is 322 g/mol. The minimum atomic E-state index is -0.349. The highest BCUT2D eigenvalue weighted by molar-refractivity contribution is 5.75. The standard InChI is InChI=1S/C18H23N3O4/c1-12-18(13(2)25-20-12)15-3-4-16(17(11-15)21(22)23)19-8-5-14-6-9-24-10-7-14/h3-4,11,14,19H,5-10H2,1-2H3. The summed E-state index contributed by atoms with van der Waals surface area (Å²) in [7, 11) is 0. The molecule has 1 aromatic carbocycles. The van der Waals surface area contributed by atoms with E-state index < -0.39 is 0 Å². The summed E-state index contributed by atoms with van der Waals surface area (Å²) in [5.41, 5.74) is 2.92. The Labute approximate surface area is 146 Å². The second-order valence-electron chi connectivity index (χ2n) is 6.46. The van der Waals surface area contributed by atoms with Gasteiger partial charge >= 0.3 is 0 Å². The Morgan fingerprint density at radius 3 is 2.72 bits per heavy atom. The van der Waals surface area contributed by atoms with Crippen molar-refractivity contribution in [3.8, 4) is 11.1 Å². The molecule has 0 radical (unpaired) electrons. The molecule has 7 nitrogen and oxygen atoms in total. The van der Waals surface area contributed by atoms with Gasteiger partial charge in [-0.2, -0.15) is 0 Å². The predicted molar refractivity (Wildman–Crippen MR) is 94.7 cm³/mol. The van der Waals surface area contributed by atoms with Crippen LogP contribution in [-0.2, 0) is 4.74 Å². The Morgan fingerprint density at radius 1 is 1.32 bits per heavy atom. The first-order valence-corrected chi connectivity index (χ1v) is 8.59. The zero-order valence-electron chi connectivity index (χ0n) is 14.6. The summed E-state index contributed by atoms with van der Waals surface area (Å²) in [5.74, 6) is 1.29. The maximum Gasteiger partial charge on any atom is 0.292 e. The molecule has 134 valence electrons. The fourth-order valence-corrected chi connectivity index (χ4v) is 3.33. The van der Waals surface area contributed by atoms with Gasteiger partial charge in [-0.25, -0.2) is 0 Å². The van der Waals surface area contributed by atoms with Crippen LogP contribution in [0.4, 0.5) is 11.4 Å². The average molecular weight is 345 g/mol. The van der Waals surface area contributed by atoms with Crippen LogP contribution >= 0.6 is 0 Å². The molecule has 2 aromatic rings. The lowest BCUT2D eigenvalue weighted by atomic mass is 9.96. The number of aromatic nitrogens is 1. The van der Waals surface area contributed by atoms with Gasteiger partial charge in [-0.05, 0) is 50.7 Å². The highest BCUT2D eigenvalue weighted by atomic mass is 16.6. The third-order valence-corrected chi connectivity index (χ3v) is 4.73. The molecule has 0 spiro atoms. The van der Waals surface area contributed by atoms with Crippen molar-refractivity contribution in [3.05, 3.63) is 39.8 Å². The summed E-state index contributed by atoms with van der Waals surface area (Å²) in [4.78, 5) is 11.1. The van der Waals surface area contributed by atoms with E-state index in [1.807, 2.05) is 13.0 Å². The quantitative estimate of drug-likeness (QED) is 0.626. The molecule has 0 atom stereocenters. The van der Waals surface area contributed by atoms with Crippen molar-refractivity contribution in [1.29, 1.82) is 0 Å². The Kier molecular flexibility index (Phi) is 5.33. The second-order valence-corrected chi connectivity index (χ2v) is 6.46. The fraction of sp³-hybridized carbons (Fsp3) is 0.500. The van der Waals surface area contributed by atoms with Crippen molar-refractivity contribution < 1.29 is 14.2 Å². The van der Waals surface area contributed by atoms with Gasteiger partial charge in [-0.3, -0.25) is 10.1 Å². The highest BCUT2D eigenvalue weighted by Gasteiger charge is 2.19. The van der Waals surface area contributed by atoms with Crippen molar-refractivity contribution in [2.75, 3.05) is 25.1 Å². The molecule has 0 amide bonds. The molecule has 1 aromatic heterocycles. The van der Waals surface area contributed by atoms with Gasteiger partial charge in [0.2, 0.25) is 0 Å². The van der Waals surface area contributed by atoms with Crippen LogP contribution in [0.5, 0.6) is 0 Å².